The third kappa shape index (κ3) is 3.99. The van der Waals surface area contributed by atoms with Gasteiger partial charge in [-0.25, -0.2) is 0 Å². The van der Waals surface area contributed by atoms with Gasteiger partial charge in [0.2, 0.25) is 5.91 Å². The van der Waals surface area contributed by atoms with Gasteiger partial charge in [0.05, 0.1) is 12.7 Å². The second-order valence-corrected chi connectivity index (χ2v) is 6.28. The lowest BCUT2D eigenvalue weighted by atomic mass is 9.93. The molecule has 1 fully saturated rings. The average Bonchev–Trinajstić information content (AvgIpc) is 2.62. The van der Waals surface area contributed by atoms with E-state index < -0.39 is 5.91 Å². The van der Waals surface area contributed by atoms with Crippen LogP contribution in [0, 0.1) is 0 Å². The van der Waals surface area contributed by atoms with Gasteiger partial charge in [0.15, 0.2) is 11.5 Å². The van der Waals surface area contributed by atoms with Gasteiger partial charge in [-0.15, -0.1) is 0 Å². The Morgan fingerprint density at radius 3 is 2.80 bits per heavy atom. The molecule has 1 aliphatic carbocycles. The summed E-state index contributed by atoms with van der Waals surface area (Å²) in [5.74, 6) is 0.864. The maximum atomic E-state index is 11.4. The summed E-state index contributed by atoms with van der Waals surface area (Å²) >= 11 is 0. The smallest absolute Gasteiger partial charge is 0.250 e. The van der Waals surface area contributed by atoms with Crippen molar-refractivity contribution in [2.24, 2.45) is 5.73 Å². The van der Waals surface area contributed by atoms with E-state index in [0.29, 0.717) is 17.1 Å². The summed E-state index contributed by atoms with van der Waals surface area (Å²) in [6, 6.07) is 7.41. The number of aromatic nitrogens is 1. The first-order chi connectivity index (χ1) is 12.1. The van der Waals surface area contributed by atoms with Crippen molar-refractivity contribution < 1.29 is 14.3 Å². The molecule has 1 atom stereocenters. The van der Waals surface area contributed by atoms with E-state index in [1.807, 2.05) is 18.2 Å². The van der Waals surface area contributed by atoms with Crippen molar-refractivity contribution in [1.82, 2.24) is 4.98 Å². The van der Waals surface area contributed by atoms with E-state index in [1.165, 1.54) is 11.8 Å². The molecule has 0 bridgehead atoms. The molecule has 2 N–H and O–H groups in total. The Morgan fingerprint density at radius 2 is 2.08 bits per heavy atom. The Labute approximate surface area is 147 Å². The first kappa shape index (κ1) is 17.0. The van der Waals surface area contributed by atoms with Crippen LogP contribution in [0.25, 0.3) is 11.1 Å². The molecule has 5 nitrogen and oxygen atoms in total. The summed E-state index contributed by atoms with van der Waals surface area (Å²) in [4.78, 5) is 15.5. The van der Waals surface area contributed by atoms with E-state index in [1.54, 1.807) is 19.4 Å². The molecule has 0 saturated heterocycles. The van der Waals surface area contributed by atoms with Crippen molar-refractivity contribution in [2.45, 2.75) is 31.8 Å². The summed E-state index contributed by atoms with van der Waals surface area (Å²) in [5.41, 5.74) is 8.63. The molecule has 3 rings (SSSR count). The zero-order valence-corrected chi connectivity index (χ0v) is 14.3. The van der Waals surface area contributed by atoms with Crippen LogP contribution < -0.4 is 15.2 Å². The molecule has 130 valence electrons. The average molecular weight is 338 g/mol. The van der Waals surface area contributed by atoms with Crippen LogP contribution >= 0.6 is 0 Å². The molecular weight excluding hydrogens is 316 g/mol. The minimum Gasteiger partial charge on any atom is -0.493 e. The van der Waals surface area contributed by atoms with Crippen molar-refractivity contribution in [1.29, 1.82) is 0 Å². The predicted molar refractivity (Wildman–Crippen MR) is 96.8 cm³/mol. The number of hydrogen-bond donors (Lipinski definition) is 1. The van der Waals surface area contributed by atoms with Gasteiger partial charge < -0.3 is 15.2 Å². The molecule has 25 heavy (non-hydrogen) atoms. The third-order valence-corrected chi connectivity index (χ3v) is 4.39. The Hall–Kier alpha value is -2.82. The van der Waals surface area contributed by atoms with Gasteiger partial charge in [0.25, 0.3) is 0 Å². The van der Waals surface area contributed by atoms with Crippen LogP contribution in [-0.2, 0) is 0 Å². The van der Waals surface area contributed by atoms with Crippen LogP contribution in [0.5, 0.6) is 11.5 Å². The SMILES string of the molecule is C=C1CCCC(Oc2cc(-c3cncc(C(N)=O)c3)ccc2OC)C1. The first-order valence-corrected chi connectivity index (χ1v) is 8.33. The van der Waals surface area contributed by atoms with Crippen LogP contribution in [0.4, 0.5) is 0 Å². The number of carbonyl (C=O) groups is 1. The minimum absolute atomic E-state index is 0.112. The zero-order chi connectivity index (χ0) is 17.8. The van der Waals surface area contributed by atoms with Crippen molar-refractivity contribution in [2.75, 3.05) is 7.11 Å². The van der Waals surface area contributed by atoms with Crippen molar-refractivity contribution in [3.05, 3.63) is 54.4 Å². The molecule has 0 aliphatic heterocycles. The predicted octanol–water partition coefficient (Wildman–Crippen LogP) is 3.73. The minimum atomic E-state index is -0.500. The summed E-state index contributed by atoms with van der Waals surface area (Å²) < 4.78 is 11.6. The van der Waals surface area contributed by atoms with Gasteiger partial charge in [-0.1, -0.05) is 18.2 Å². The lowest BCUT2D eigenvalue weighted by Crippen LogP contribution is -2.21. The van der Waals surface area contributed by atoms with Gasteiger partial charge in [-0.3, -0.25) is 9.78 Å². The Morgan fingerprint density at radius 1 is 1.24 bits per heavy atom. The summed E-state index contributed by atoms with van der Waals surface area (Å²) in [5, 5.41) is 0. The number of pyridine rings is 1. The maximum Gasteiger partial charge on any atom is 0.250 e. The highest BCUT2D eigenvalue weighted by molar-refractivity contribution is 5.93. The van der Waals surface area contributed by atoms with Crippen molar-refractivity contribution in [3.8, 4) is 22.6 Å². The second-order valence-electron chi connectivity index (χ2n) is 6.28. The van der Waals surface area contributed by atoms with Crippen LogP contribution in [0.2, 0.25) is 0 Å². The normalized spacial score (nSPS) is 17.2. The fourth-order valence-corrected chi connectivity index (χ4v) is 3.07. The highest BCUT2D eigenvalue weighted by atomic mass is 16.5. The van der Waals surface area contributed by atoms with Gasteiger partial charge in [-0.2, -0.15) is 0 Å². The Kier molecular flexibility index (Phi) is 5.03. The number of primary amides is 1. The van der Waals surface area contributed by atoms with E-state index in [0.717, 1.165) is 36.8 Å². The number of amides is 1. The monoisotopic (exact) mass is 338 g/mol. The first-order valence-electron chi connectivity index (χ1n) is 8.33. The summed E-state index contributed by atoms with van der Waals surface area (Å²) in [7, 11) is 1.62. The highest BCUT2D eigenvalue weighted by Gasteiger charge is 2.19. The van der Waals surface area contributed by atoms with Crippen molar-refractivity contribution in [3.63, 3.8) is 0 Å². The van der Waals surface area contributed by atoms with E-state index in [-0.39, 0.29) is 6.10 Å². The number of nitrogens with two attached hydrogens (primary N) is 1. The fourth-order valence-electron chi connectivity index (χ4n) is 3.07. The molecule has 1 aromatic carbocycles. The molecule has 1 saturated carbocycles. The van der Waals surface area contributed by atoms with Crippen LogP contribution in [-0.4, -0.2) is 24.1 Å². The van der Waals surface area contributed by atoms with Crippen molar-refractivity contribution >= 4 is 5.91 Å². The number of rotatable bonds is 5. The number of methoxy groups -OCH3 is 1. The molecule has 1 aromatic heterocycles. The van der Waals surface area contributed by atoms with Gasteiger partial charge in [0, 0.05) is 24.4 Å². The number of ether oxygens (including phenoxy) is 2. The van der Waals surface area contributed by atoms with Gasteiger partial charge in [-0.05, 0) is 43.0 Å². The largest absolute Gasteiger partial charge is 0.493 e. The molecule has 0 radical (unpaired) electrons. The molecule has 1 unspecified atom stereocenters. The van der Waals surface area contributed by atoms with E-state index in [9.17, 15) is 4.79 Å². The zero-order valence-electron chi connectivity index (χ0n) is 14.3. The van der Waals surface area contributed by atoms with Gasteiger partial charge in [0.1, 0.15) is 6.10 Å². The number of benzene rings is 1. The van der Waals surface area contributed by atoms with Gasteiger partial charge >= 0.3 is 0 Å². The molecule has 1 aliphatic rings. The summed E-state index contributed by atoms with van der Waals surface area (Å²) in [6.45, 7) is 4.08. The molecule has 5 heteroatoms. The topological polar surface area (TPSA) is 74.4 Å². The fraction of sp³-hybridized carbons (Fsp3) is 0.300. The molecular formula is C20H22N2O3. The molecule has 0 spiro atoms. The number of hydrogen-bond acceptors (Lipinski definition) is 4. The maximum absolute atomic E-state index is 11.4. The quantitative estimate of drug-likeness (QED) is 0.843. The van der Waals surface area contributed by atoms with E-state index in [4.69, 9.17) is 15.2 Å². The lowest BCUT2D eigenvalue weighted by molar-refractivity contribution is 0.1000. The Bertz CT molecular complexity index is 801. The number of carbonyl (C=O) groups excluding carboxylic acids is 1. The lowest BCUT2D eigenvalue weighted by Gasteiger charge is -2.25. The molecule has 2 aromatic rings. The van der Waals surface area contributed by atoms with E-state index in [2.05, 4.69) is 11.6 Å². The third-order valence-electron chi connectivity index (χ3n) is 4.39. The molecule has 1 amide bonds. The highest BCUT2D eigenvalue weighted by Crippen LogP contribution is 2.35. The van der Waals surface area contributed by atoms with Crippen LogP contribution in [0.3, 0.4) is 0 Å². The molecule has 1 heterocycles. The van der Waals surface area contributed by atoms with Crippen LogP contribution in [0.1, 0.15) is 36.0 Å². The second kappa shape index (κ2) is 7.38. The Balaban J connectivity index is 1.90. The summed E-state index contributed by atoms with van der Waals surface area (Å²) in [6.07, 6.45) is 7.30. The van der Waals surface area contributed by atoms with E-state index >= 15 is 0 Å². The van der Waals surface area contributed by atoms with Crippen LogP contribution in [0.15, 0.2) is 48.8 Å². The number of nitrogens with zero attached hydrogens (tertiary/aromatic N) is 1. The standard InChI is InChI=1S/C20H22N2O3/c1-13-4-3-5-17(8-13)25-19-10-14(6-7-18(19)24-2)15-9-16(20(21)23)12-22-11-15/h6-7,9-12,17H,1,3-5,8H2,2H3,(H2,21,23).